The molecule has 0 aliphatic rings. The summed E-state index contributed by atoms with van der Waals surface area (Å²) in [4.78, 5) is 24.3. The number of urea groups is 1. The number of ether oxygens (including phenoxy) is 2. The molecule has 0 spiro atoms. The van der Waals surface area contributed by atoms with E-state index in [9.17, 15) is 31.5 Å². The second kappa shape index (κ2) is 8.76. The molecule has 1 atom stereocenters. The van der Waals surface area contributed by atoms with Gasteiger partial charge in [0, 0.05) is 0 Å². The van der Waals surface area contributed by atoms with Crippen LogP contribution in [0.4, 0.5) is 32.4 Å². The Kier molecular flexibility index (Phi) is 6.62. The second-order valence-electron chi connectivity index (χ2n) is 5.51. The molecule has 11 heteroatoms. The highest BCUT2D eigenvalue weighted by molar-refractivity contribution is 5.94. The van der Waals surface area contributed by atoms with Crippen molar-refractivity contribution in [2.24, 2.45) is 0 Å². The first-order chi connectivity index (χ1) is 13.6. The lowest BCUT2D eigenvalue weighted by Crippen LogP contribution is -2.69. The van der Waals surface area contributed by atoms with Crippen molar-refractivity contribution in [2.45, 2.75) is 18.8 Å². The molecule has 2 aromatic rings. The Morgan fingerprint density at radius 2 is 1.62 bits per heavy atom. The van der Waals surface area contributed by atoms with Crippen molar-refractivity contribution in [3.05, 3.63) is 60.2 Å². The zero-order chi connectivity index (χ0) is 21.7. The van der Waals surface area contributed by atoms with E-state index in [1.165, 1.54) is 24.4 Å². The van der Waals surface area contributed by atoms with Gasteiger partial charge in [0.05, 0.1) is 12.3 Å². The van der Waals surface area contributed by atoms with Crippen LogP contribution in [0.5, 0.6) is 5.75 Å². The van der Waals surface area contributed by atoms with Gasteiger partial charge in [-0.2, -0.15) is 13.2 Å². The summed E-state index contributed by atoms with van der Waals surface area (Å²) in [5, 5.41) is 3.22. The number of amides is 2. The zero-order valence-electron chi connectivity index (χ0n) is 14.8. The summed E-state index contributed by atoms with van der Waals surface area (Å²) in [5.74, 6) is -4.24. The van der Waals surface area contributed by atoms with E-state index < -0.39 is 53.6 Å². The molecule has 0 aliphatic heterocycles. The maximum absolute atomic E-state index is 13.9. The highest BCUT2D eigenvalue weighted by atomic mass is 19.4. The maximum atomic E-state index is 13.9. The molecule has 0 fully saturated rings. The second-order valence-corrected chi connectivity index (χ2v) is 5.51. The smallest absolute Gasteiger partial charge is 0.460 e. The van der Waals surface area contributed by atoms with E-state index >= 15 is 0 Å². The van der Waals surface area contributed by atoms with Crippen LogP contribution in [0.2, 0.25) is 0 Å². The van der Waals surface area contributed by atoms with Gasteiger partial charge in [0.1, 0.15) is 17.4 Å². The molecule has 0 aliphatic carbocycles. The van der Waals surface area contributed by atoms with Crippen LogP contribution in [-0.4, -0.2) is 30.5 Å². The van der Waals surface area contributed by atoms with Crippen molar-refractivity contribution >= 4 is 17.7 Å². The number of benzene rings is 2. The van der Waals surface area contributed by atoms with E-state index in [1.807, 2.05) is 5.32 Å². The lowest BCUT2D eigenvalue weighted by atomic mass is 10.2. The third-order valence-electron chi connectivity index (χ3n) is 3.46. The van der Waals surface area contributed by atoms with E-state index in [2.05, 4.69) is 4.74 Å². The fraction of sp³-hybridized carbons (Fsp3) is 0.222. The monoisotopic (exact) mass is 418 g/mol. The molecular weight excluding hydrogens is 403 g/mol. The largest absolute Gasteiger partial charge is 0.461 e. The van der Waals surface area contributed by atoms with Crippen molar-refractivity contribution in [1.82, 2.24) is 5.32 Å². The van der Waals surface area contributed by atoms with E-state index in [0.29, 0.717) is 0 Å². The summed E-state index contributed by atoms with van der Waals surface area (Å²) in [6.07, 6.45) is -5.50. The topological polar surface area (TPSA) is 76.7 Å². The lowest BCUT2D eigenvalue weighted by Gasteiger charge is -2.33. The van der Waals surface area contributed by atoms with E-state index in [-0.39, 0.29) is 0 Å². The SMILES string of the molecule is CCOC(=O)[C@@](NC(=O)Nc1ccccc1F)(Oc1ccc(F)cc1)C(F)(F)F. The predicted molar refractivity (Wildman–Crippen MR) is 91.0 cm³/mol. The van der Waals surface area contributed by atoms with E-state index in [0.717, 1.165) is 36.4 Å². The average Bonchev–Trinajstić information content (AvgIpc) is 2.64. The first-order valence-electron chi connectivity index (χ1n) is 8.11. The number of para-hydroxylation sites is 1. The molecule has 2 amide bonds. The summed E-state index contributed by atoms with van der Waals surface area (Å²) < 4.78 is 77.5. The Morgan fingerprint density at radius 3 is 2.17 bits per heavy atom. The standard InChI is InChI=1S/C18H15F5N2O4/c1-2-28-15(26)17(18(21,22)23,29-12-9-7-11(19)8-10-12)25-16(27)24-14-6-4-3-5-13(14)20/h3-10H,2H2,1H3,(H2,24,25,27)/t17-/m1/s1. The van der Waals surface area contributed by atoms with Gasteiger partial charge in [-0.1, -0.05) is 12.1 Å². The van der Waals surface area contributed by atoms with Gasteiger partial charge in [0.2, 0.25) is 0 Å². The molecule has 2 rings (SSSR count). The minimum absolute atomic E-state index is 0.438. The molecule has 2 N–H and O–H groups in total. The van der Waals surface area contributed by atoms with Crippen molar-refractivity contribution in [1.29, 1.82) is 0 Å². The summed E-state index contributed by atoms with van der Waals surface area (Å²) in [5.41, 5.74) is -4.41. The Morgan fingerprint density at radius 1 is 1.00 bits per heavy atom. The van der Waals surface area contributed by atoms with Gasteiger partial charge in [0.25, 0.3) is 0 Å². The first-order valence-corrected chi connectivity index (χ1v) is 8.11. The summed E-state index contributed by atoms with van der Waals surface area (Å²) in [6, 6.07) is 6.33. The average molecular weight is 418 g/mol. The molecule has 0 unspecified atom stereocenters. The number of anilines is 1. The Labute approximate surface area is 161 Å². The van der Waals surface area contributed by atoms with Gasteiger partial charge in [-0.15, -0.1) is 0 Å². The van der Waals surface area contributed by atoms with Gasteiger partial charge in [-0.05, 0) is 43.3 Å². The Balaban J connectivity index is 2.41. The third kappa shape index (κ3) is 5.12. The molecule has 0 saturated heterocycles. The molecule has 156 valence electrons. The minimum atomic E-state index is -5.50. The van der Waals surface area contributed by atoms with Crippen LogP contribution < -0.4 is 15.4 Å². The van der Waals surface area contributed by atoms with Crippen molar-refractivity contribution in [3.8, 4) is 5.75 Å². The van der Waals surface area contributed by atoms with E-state index in [4.69, 9.17) is 4.74 Å². The maximum Gasteiger partial charge on any atom is 0.460 e. The third-order valence-corrected chi connectivity index (χ3v) is 3.46. The molecule has 6 nitrogen and oxygen atoms in total. The number of hydrogen-bond donors (Lipinski definition) is 2. The molecule has 0 radical (unpaired) electrons. The molecular formula is C18H15F5N2O4. The Bertz CT molecular complexity index is 873. The van der Waals surface area contributed by atoms with E-state index in [1.54, 1.807) is 0 Å². The van der Waals surface area contributed by atoms with Crippen molar-refractivity contribution in [3.63, 3.8) is 0 Å². The molecule has 0 bridgehead atoms. The zero-order valence-corrected chi connectivity index (χ0v) is 14.8. The summed E-state index contributed by atoms with van der Waals surface area (Å²) in [7, 11) is 0. The fourth-order valence-corrected chi connectivity index (χ4v) is 2.15. The predicted octanol–water partition coefficient (Wildman–Crippen LogP) is 3.99. The number of esters is 1. The normalized spacial score (nSPS) is 13.2. The van der Waals surface area contributed by atoms with Crippen LogP contribution in [-0.2, 0) is 9.53 Å². The number of carbonyl (C=O) groups is 2. The summed E-state index contributed by atoms with van der Waals surface area (Å²) in [6.45, 7) is 0.788. The number of alkyl halides is 3. The minimum Gasteiger partial charge on any atom is -0.461 e. The van der Waals surface area contributed by atoms with Crippen LogP contribution in [0.3, 0.4) is 0 Å². The van der Waals surface area contributed by atoms with Crippen LogP contribution in [0, 0.1) is 11.6 Å². The number of rotatable bonds is 6. The van der Waals surface area contributed by atoms with Gasteiger partial charge in [0.15, 0.2) is 0 Å². The summed E-state index contributed by atoms with van der Waals surface area (Å²) >= 11 is 0. The molecule has 29 heavy (non-hydrogen) atoms. The highest BCUT2D eigenvalue weighted by Crippen LogP contribution is 2.34. The molecule has 2 aromatic carbocycles. The van der Waals surface area contributed by atoms with Crippen molar-refractivity contribution in [2.75, 3.05) is 11.9 Å². The van der Waals surface area contributed by atoms with Gasteiger partial charge < -0.3 is 14.8 Å². The lowest BCUT2D eigenvalue weighted by molar-refractivity contribution is -0.259. The number of carbonyl (C=O) groups excluding carboxylic acids is 2. The van der Waals surface area contributed by atoms with Gasteiger partial charge >= 0.3 is 23.9 Å². The highest BCUT2D eigenvalue weighted by Gasteiger charge is 2.66. The number of nitrogens with one attached hydrogen (secondary N) is 2. The quantitative estimate of drug-likeness (QED) is 0.423. The molecule has 0 aromatic heterocycles. The number of hydrogen-bond acceptors (Lipinski definition) is 4. The van der Waals surface area contributed by atoms with Crippen LogP contribution in [0.15, 0.2) is 48.5 Å². The van der Waals surface area contributed by atoms with Gasteiger partial charge in [-0.25, -0.2) is 18.4 Å². The fourth-order valence-electron chi connectivity index (χ4n) is 2.15. The Hall–Kier alpha value is -3.37. The molecule has 0 heterocycles. The first kappa shape index (κ1) is 21.9. The van der Waals surface area contributed by atoms with Crippen LogP contribution in [0.1, 0.15) is 6.92 Å². The number of halogens is 5. The van der Waals surface area contributed by atoms with Crippen LogP contribution in [0.25, 0.3) is 0 Å². The van der Waals surface area contributed by atoms with Gasteiger partial charge in [-0.3, -0.25) is 5.32 Å². The molecule has 0 saturated carbocycles. The van der Waals surface area contributed by atoms with Crippen molar-refractivity contribution < 1.29 is 41.0 Å². The van der Waals surface area contributed by atoms with Crippen LogP contribution >= 0.6 is 0 Å².